The van der Waals surface area contributed by atoms with Crippen molar-refractivity contribution in [2.75, 3.05) is 10.6 Å². The van der Waals surface area contributed by atoms with Gasteiger partial charge in [0.05, 0.1) is 5.69 Å². The Kier molecular flexibility index (Phi) is 4.49. The van der Waals surface area contributed by atoms with Crippen LogP contribution in [0.15, 0.2) is 71.3 Å². The van der Waals surface area contributed by atoms with Crippen LogP contribution >= 0.6 is 0 Å². The lowest BCUT2D eigenvalue weighted by Gasteiger charge is -2.10. The molecule has 2 N–H and O–H groups in total. The maximum absolute atomic E-state index is 13.1. The number of aryl methyl sites for hydroxylation is 1. The Morgan fingerprint density at radius 3 is 2.33 bits per heavy atom. The minimum atomic E-state index is -0.303. The van der Waals surface area contributed by atoms with E-state index in [9.17, 15) is 4.39 Å². The van der Waals surface area contributed by atoms with Crippen LogP contribution in [0, 0.1) is 12.7 Å². The highest BCUT2D eigenvalue weighted by molar-refractivity contribution is 5.68. The normalized spacial score (nSPS) is 10.6. The Hall–Kier alpha value is -3.74. The molecular weight excluding hydrogens is 345 g/mol. The molecule has 2 heterocycles. The third kappa shape index (κ3) is 4.09. The highest BCUT2D eigenvalue weighted by Crippen LogP contribution is 2.25. The summed E-state index contributed by atoms with van der Waals surface area (Å²) < 4.78 is 18.2. The number of nitrogens with one attached hydrogen (secondary N) is 2. The lowest BCUT2D eigenvalue weighted by atomic mass is 10.1. The van der Waals surface area contributed by atoms with E-state index in [0.29, 0.717) is 29.0 Å². The van der Waals surface area contributed by atoms with Gasteiger partial charge in [-0.1, -0.05) is 35.5 Å². The van der Waals surface area contributed by atoms with Gasteiger partial charge in [0.1, 0.15) is 17.4 Å². The fourth-order valence-corrected chi connectivity index (χ4v) is 2.54. The third-order valence-corrected chi connectivity index (χ3v) is 3.78. The first kappa shape index (κ1) is 16.7. The number of aromatic nitrogens is 3. The van der Waals surface area contributed by atoms with Crippen LogP contribution in [0.2, 0.25) is 0 Å². The molecule has 27 heavy (non-hydrogen) atoms. The SMILES string of the molecule is Cc1cc(Nc2cc(-c3ccccc3)nc(Nc3ccc(F)cc3)n2)no1. The predicted molar refractivity (Wildman–Crippen MR) is 102 cm³/mol. The molecule has 0 unspecified atom stereocenters. The molecule has 0 saturated heterocycles. The molecule has 0 atom stereocenters. The molecule has 0 spiro atoms. The van der Waals surface area contributed by atoms with Crippen molar-refractivity contribution in [1.29, 1.82) is 0 Å². The van der Waals surface area contributed by atoms with Crippen molar-refractivity contribution in [2.24, 2.45) is 0 Å². The molecule has 0 saturated carbocycles. The minimum Gasteiger partial charge on any atom is -0.360 e. The number of benzene rings is 2. The second-order valence-electron chi connectivity index (χ2n) is 5.91. The molecule has 134 valence electrons. The lowest BCUT2D eigenvalue weighted by molar-refractivity contribution is 0.400. The Balaban J connectivity index is 1.70. The summed E-state index contributed by atoms with van der Waals surface area (Å²) in [7, 11) is 0. The molecule has 0 amide bonds. The van der Waals surface area contributed by atoms with Gasteiger partial charge >= 0.3 is 0 Å². The van der Waals surface area contributed by atoms with Crippen LogP contribution in [0.25, 0.3) is 11.3 Å². The van der Waals surface area contributed by atoms with E-state index in [1.54, 1.807) is 18.2 Å². The first-order valence-electron chi connectivity index (χ1n) is 8.33. The molecule has 4 aromatic rings. The topological polar surface area (TPSA) is 75.9 Å². The van der Waals surface area contributed by atoms with Crippen LogP contribution in [-0.4, -0.2) is 15.1 Å². The van der Waals surface area contributed by atoms with Gasteiger partial charge in [0.15, 0.2) is 5.82 Å². The van der Waals surface area contributed by atoms with Crippen molar-refractivity contribution in [3.8, 4) is 11.3 Å². The smallest absolute Gasteiger partial charge is 0.229 e. The van der Waals surface area contributed by atoms with Crippen molar-refractivity contribution in [3.63, 3.8) is 0 Å². The number of halogens is 1. The van der Waals surface area contributed by atoms with Crippen molar-refractivity contribution >= 4 is 23.3 Å². The van der Waals surface area contributed by atoms with E-state index in [2.05, 4.69) is 25.8 Å². The van der Waals surface area contributed by atoms with Crippen LogP contribution in [0.3, 0.4) is 0 Å². The summed E-state index contributed by atoms with van der Waals surface area (Å²) in [5.41, 5.74) is 2.37. The fraction of sp³-hybridized carbons (Fsp3) is 0.0500. The van der Waals surface area contributed by atoms with Crippen LogP contribution in [0.1, 0.15) is 5.76 Å². The monoisotopic (exact) mass is 361 g/mol. The number of hydrogen-bond acceptors (Lipinski definition) is 6. The largest absolute Gasteiger partial charge is 0.360 e. The van der Waals surface area contributed by atoms with Gasteiger partial charge in [-0.2, -0.15) is 4.98 Å². The van der Waals surface area contributed by atoms with Crippen LogP contribution < -0.4 is 10.6 Å². The van der Waals surface area contributed by atoms with Gasteiger partial charge in [-0.15, -0.1) is 0 Å². The Bertz CT molecular complexity index is 1050. The average Bonchev–Trinajstić information content (AvgIpc) is 3.09. The number of rotatable bonds is 5. The summed E-state index contributed by atoms with van der Waals surface area (Å²) in [5.74, 6) is 1.88. The summed E-state index contributed by atoms with van der Waals surface area (Å²) >= 11 is 0. The molecule has 2 aromatic carbocycles. The van der Waals surface area contributed by atoms with Crippen molar-refractivity contribution < 1.29 is 8.91 Å². The molecular formula is C20H16FN5O. The zero-order chi connectivity index (χ0) is 18.6. The molecule has 0 aliphatic carbocycles. The van der Waals surface area contributed by atoms with E-state index >= 15 is 0 Å². The lowest BCUT2D eigenvalue weighted by Crippen LogP contribution is -2.02. The Morgan fingerprint density at radius 1 is 0.852 bits per heavy atom. The van der Waals surface area contributed by atoms with Crippen LogP contribution in [0.4, 0.5) is 27.7 Å². The number of hydrogen-bond donors (Lipinski definition) is 2. The van der Waals surface area contributed by atoms with Gasteiger partial charge in [-0.25, -0.2) is 9.37 Å². The Morgan fingerprint density at radius 2 is 1.63 bits per heavy atom. The van der Waals surface area contributed by atoms with E-state index in [0.717, 1.165) is 11.3 Å². The molecule has 0 aliphatic heterocycles. The number of anilines is 4. The van der Waals surface area contributed by atoms with Gasteiger partial charge in [0.25, 0.3) is 0 Å². The zero-order valence-electron chi connectivity index (χ0n) is 14.5. The van der Waals surface area contributed by atoms with Gasteiger partial charge in [-0.3, -0.25) is 0 Å². The molecule has 0 aliphatic rings. The van der Waals surface area contributed by atoms with Gasteiger partial charge in [0.2, 0.25) is 5.95 Å². The average molecular weight is 361 g/mol. The zero-order valence-corrected chi connectivity index (χ0v) is 14.5. The fourth-order valence-electron chi connectivity index (χ4n) is 2.54. The second kappa shape index (κ2) is 7.25. The standard InChI is InChI=1S/C20H16FN5O/c1-13-11-19(26-27-13)24-18-12-17(14-5-3-2-4-6-14)23-20(25-18)22-16-9-7-15(21)8-10-16/h2-12H,1H3,(H2,22,23,24,25,26). The predicted octanol–water partition coefficient (Wildman–Crippen LogP) is 5.07. The molecule has 0 fully saturated rings. The van der Waals surface area contributed by atoms with Crippen molar-refractivity contribution in [2.45, 2.75) is 6.92 Å². The van der Waals surface area contributed by atoms with E-state index in [1.807, 2.05) is 43.3 Å². The molecule has 0 bridgehead atoms. The first-order valence-corrected chi connectivity index (χ1v) is 8.33. The Labute approximate surface area is 155 Å². The summed E-state index contributed by atoms with van der Waals surface area (Å²) in [4.78, 5) is 9.04. The van der Waals surface area contributed by atoms with Gasteiger partial charge in [0, 0.05) is 23.4 Å². The van der Waals surface area contributed by atoms with E-state index in [-0.39, 0.29) is 5.82 Å². The third-order valence-electron chi connectivity index (χ3n) is 3.78. The van der Waals surface area contributed by atoms with Crippen LogP contribution in [0.5, 0.6) is 0 Å². The quantitative estimate of drug-likeness (QED) is 0.517. The second-order valence-corrected chi connectivity index (χ2v) is 5.91. The maximum Gasteiger partial charge on any atom is 0.229 e. The summed E-state index contributed by atoms with van der Waals surface area (Å²) in [5, 5.41) is 10.1. The molecule has 6 nitrogen and oxygen atoms in total. The number of nitrogens with zero attached hydrogens (tertiary/aromatic N) is 3. The summed E-state index contributed by atoms with van der Waals surface area (Å²) in [6.07, 6.45) is 0. The summed E-state index contributed by atoms with van der Waals surface area (Å²) in [6.45, 7) is 1.81. The molecule has 0 radical (unpaired) electrons. The van der Waals surface area contributed by atoms with Gasteiger partial charge in [-0.05, 0) is 31.2 Å². The highest BCUT2D eigenvalue weighted by Gasteiger charge is 2.09. The molecule has 7 heteroatoms. The van der Waals surface area contributed by atoms with E-state index < -0.39 is 0 Å². The van der Waals surface area contributed by atoms with E-state index in [1.165, 1.54) is 12.1 Å². The molecule has 4 rings (SSSR count). The van der Waals surface area contributed by atoms with Crippen LogP contribution in [-0.2, 0) is 0 Å². The first-order chi connectivity index (χ1) is 13.2. The minimum absolute atomic E-state index is 0.303. The maximum atomic E-state index is 13.1. The van der Waals surface area contributed by atoms with Crippen molar-refractivity contribution in [1.82, 2.24) is 15.1 Å². The molecule has 2 aromatic heterocycles. The highest BCUT2D eigenvalue weighted by atomic mass is 19.1. The van der Waals surface area contributed by atoms with E-state index in [4.69, 9.17) is 4.52 Å². The summed E-state index contributed by atoms with van der Waals surface area (Å²) in [6, 6.07) is 19.4. The van der Waals surface area contributed by atoms with Crippen molar-refractivity contribution in [3.05, 3.63) is 78.3 Å². The van der Waals surface area contributed by atoms with Gasteiger partial charge < -0.3 is 15.2 Å².